The number of hydrogen-bond acceptors (Lipinski definition) is 4. The summed E-state index contributed by atoms with van der Waals surface area (Å²) in [5.41, 5.74) is 2.42. The highest BCUT2D eigenvalue weighted by atomic mass is 79.9. The van der Waals surface area contributed by atoms with E-state index in [1.165, 1.54) is 4.31 Å². The quantitative estimate of drug-likeness (QED) is 0.607. The number of nitrogens with one attached hydrogen (secondary N) is 1. The van der Waals surface area contributed by atoms with Crippen molar-refractivity contribution in [1.82, 2.24) is 5.32 Å². The number of amides is 1. The molecule has 0 aliphatic heterocycles. The maximum Gasteiger partial charge on any atom is 0.274 e. The van der Waals surface area contributed by atoms with Crippen LogP contribution in [-0.2, 0) is 14.8 Å². The third-order valence-electron chi connectivity index (χ3n) is 5.26. The number of halogens is 1. The van der Waals surface area contributed by atoms with Gasteiger partial charge < -0.3 is 5.32 Å². The predicted octanol–water partition coefficient (Wildman–Crippen LogP) is 5.02. The van der Waals surface area contributed by atoms with Crippen LogP contribution in [0.1, 0.15) is 43.7 Å². The van der Waals surface area contributed by atoms with E-state index >= 15 is 0 Å². The Morgan fingerprint density at radius 2 is 1.76 bits per heavy atom. The molecule has 158 valence electrons. The van der Waals surface area contributed by atoms with Gasteiger partial charge in [-0.1, -0.05) is 13.0 Å². The monoisotopic (exact) mass is 498 g/mol. The first-order chi connectivity index (χ1) is 13.6. The molecule has 8 heteroatoms. The second kappa shape index (κ2) is 9.18. The van der Waals surface area contributed by atoms with E-state index in [0.717, 1.165) is 51.9 Å². The van der Waals surface area contributed by atoms with Gasteiger partial charge in [0, 0.05) is 6.04 Å². The van der Waals surface area contributed by atoms with Gasteiger partial charge in [0.2, 0.25) is 5.91 Å². The zero-order valence-electron chi connectivity index (χ0n) is 16.9. The summed E-state index contributed by atoms with van der Waals surface area (Å²) in [6, 6.07) is 9.00. The number of carbonyl (C=O) groups excluding carboxylic acids is 1. The van der Waals surface area contributed by atoms with Crippen LogP contribution >= 0.6 is 27.3 Å². The molecule has 0 atom stereocenters. The predicted molar refractivity (Wildman–Crippen MR) is 122 cm³/mol. The summed E-state index contributed by atoms with van der Waals surface area (Å²) in [5, 5.41) is 3.05. The van der Waals surface area contributed by atoms with Crippen LogP contribution in [0.5, 0.6) is 0 Å². The number of benzene rings is 1. The number of rotatable bonds is 6. The number of hydrogen-bond donors (Lipinski definition) is 1. The Morgan fingerprint density at radius 3 is 2.31 bits per heavy atom. The lowest BCUT2D eigenvalue weighted by Crippen LogP contribution is -2.45. The number of thiophene rings is 1. The minimum absolute atomic E-state index is 0.124. The molecule has 3 rings (SSSR count). The normalized spacial score (nSPS) is 19.7. The van der Waals surface area contributed by atoms with E-state index in [1.807, 2.05) is 32.0 Å². The van der Waals surface area contributed by atoms with Crippen LogP contribution in [0.4, 0.5) is 5.69 Å². The Bertz CT molecular complexity index is 959. The molecule has 5 nitrogen and oxygen atoms in total. The molecule has 0 radical (unpaired) electrons. The first-order valence-electron chi connectivity index (χ1n) is 9.81. The van der Waals surface area contributed by atoms with Crippen LogP contribution in [0.2, 0.25) is 0 Å². The standard InChI is InChI=1S/C21H27BrN2O3S2/c1-14-4-6-17(7-5-14)23-20(25)13-24(18-11-15(2)10-16(3)12-18)29(26,27)21-9-8-19(22)28-21/h8-12,14,17H,4-7,13H2,1-3H3,(H,23,25). The molecular formula is C21H27BrN2O3S2. The second-order valence-electron chi connectivity index (χ2n) is 7.94. The molecule has 1 fully saturated rings. The first kappa shape index (κ1) is 22.3. The van der Waals surface area contributed by atoms with E-state index in [4.69, 9.17) is 0 Å². The van der Waals surface area contributed by atoms with Crippen molar-refractivity contribution in [3.63, 3.8) is 0 Å². The van der Waals surface area contributed by atoms with Crippen molar-refractivity contribution in [3.8, 4) is 0 Å². The molecule has 0 unspecified atom stereocenters. The van der Waals surface area contributed by atoms with Crippen LogP contribution < -0.4 is 9.62 Å². The molecule has 0 spiro atoms. The van der Waals surface area contributed by atoms with Gasteiger partial charge in [-0.25, -0.2) is 8.42 Å². The zero-order chi connectivity index (χ0) is 21.2. The van der Waals surface area contributed by atoms with Crippen LogP contribution in [0.25, 0.3) is 0 Å². The summed E-state index contributed by atoms with van der Waals surface area (Å²) in [5.74, 6) is 0.426. The topological polar surface area (TPSA) is 66.5 Å². The van der Waals surface area contributed by atoms with Crippen molar-refractivity contribution in [2.45, 2.75) is 56.7 Å². The molecule has 29 heavy (non-hydrogen) atoms. The maximum atomic E-state index is 13.4. The molecule has 0 bridgehead atoms. The smallest absolute Gasteiger partial charge is 0.274 e. The zero-order valence-corrected chi connectivity index (χ0v) is 20.2. The van der Waals surface area contributed by atoms with Gasteiger partial charge in [-0.15, -0.1) is 11.3 Å². The fourth-order valence-corrected chi connectivity index (χ4v) is 7.29. The summed E-state index contributed by atoms with van der Waals surface area (Å²) >= 11 is 4.48. The minimum atomic E-state index is -3.85. The minimum Gasteiger partial charge on any atom is -0.352 e. The Morgan fingerprint density at radius 1 is 1.14 bits per heavy atom. The van der Waals surface area contributed by atoms with Gasteiger partial charge in [0.1, 0.15) is 10.8 Å². The van der Waals surface area contributed by atoms with E-state index in [1.54, 1.807) is 12.1 Å². The van der Waals surface area contributed by atoms with Crippen molar-refractivity contribution < 1.29 is 13.2 Å². The number of carbonyl (C=O) groups is 1. The van der Waals surface area contributed by atoms with Crippen molar-refractivity contribution >= 4 is 48.9 Å². The lowest BCUT2D eigenvalue weighted by Gasteiger charge is -2.29. The molecule has 1 aromatic carbocycles. The van der Waals surface area contributed by atoms with Crippen LogP contribution in [0.15, 0.2) is 38.3 Å². The number of aryl methyl sites for hydroxylation is 2. The summed E-state index contributed by atoms with van der Waals surface area (Å²) in [7, 11) is -3.85. The number of sulfonamides is 1. The van der Waals surface area contributed by atoms with E-state index in [2.05, 4.69) is 28.2 Å². The first-order valence-corrected chi connectivity index (χ1v) is 12.9. The Balaban J connectivity index is 1.87. The SMILES string of the molecule is Cc1cc(C)cc(N(CC(=O)NC2CCC(C)CC2)S(=O)(=O)c2ccc(Br)s2)c1. The van der Waals surface area contributed by atoms with E-state index in [9.17, 15) is 13.2 Å². The summed E-state index contributed by atoms with van der Waals surface area (Å²) in [6.45, 7) is 5.84. The molecular weight excluding hydrogens is 472 g/mol. The molecule has 0 saturated heterocycles. The highest BCUT2D eigenvalue weighted by Gasteiger charge is 2.30. The molecule has 1 heterocycles. The van der Waals surface area contributed by atoms with E-state index < -0.39 is 10.0 Å². The maximum absolute atomic E-state index is 13.4. The van der Waals surface area contributed by atoms with Gasteiger partial charge in [0.25, 0.3) is 10.0 Å². The lowest BCUT2D eigenvalue weighted by molar-refractivity contribution is -0.120. The fraction of sp³-hybridized carbons (Fsp3) is 0.476. The van der Waals surface area contributed by atoms with Gasteiger partial charge >= 0.3 is 0 Å². The van der Waals surface area contributed by atoms with Crippen LogP contribution in [0.3, 0.4) is 0 Å². The molecule has 1 N–H and O–H groups in total. The number of anilines is 1. The highest BCUT2D eigenvalue weighted by Crippen LogP contribution is 2.32. The highest BCUT2D eigenvalue weighted by molar-refractivity contribution is 9.11. The average molecular weight is 499 g/mol. The van der Waals surface area contributed by atoms with Crippen molar-refractivity contribution in [3.05, 3.63) is 45.2 Å². The summed E-state index contributed by atoms with van der Waals surface area (Å²) in [6.07, 6.45) is 4.07. The van der Waals surface area contributed by atoms with Crippen molar-refractivity contribution in [2.24, 2.45) is 5.92 Å². The van der Waals surface area contributed by atoms with E-state index in [-0.39, 0.29) is 22.7 Å². The van der Waals surface area contributed by atoms with Crippen molar-refractivity contribution in [1.29, 1.82) is 0 Å². The van der Waals surface area contributed by atoms with E-state index in [0.29, 0.717) is 11.6 Å². The van der Waals surface area contributed by atoms with Crippen LogP contribution in [-0.4, -0.2) is 26.9 Å². The molecule has 1 saturated carbocycles. The Hall–Kier alpha value is -1.38. The third kappa shape index (κ3) is 5.61. The molecule has 1 aliphatic rings. The van der Waals surface area contributed by atoms with Crippen LogP contribution in [0, 0.1) is 19.8 Å². The summed E-state index contributed by atoms with van der Waals surface area (Å²) < 4.78 is 28.9. The average Bonchev–Trinajstić information content (AvgIpc) is 3.08. The Labute approximate surface area is 185 Å². The van der Waals surface area contributed by atoms with Gasteiger partial charge in [-0.3, -0.25) is 9.10 Å². The fourth-order valence-electron chi connectivity index (χ4n) is 3.76. The molecule has 1 aromatic heterocycles. The molecule has 1 aliphatic carbocycles. The van der Waals surface area contributed by atoms with Gasteiger partial charge in [-0.2, -0.15) is 0 Å². The molecule has 1 amide bonds. The largest absolute Gasteiger partial charge is 0.352 e. The van der Waals surface area contributed by atoms with Gasteiger partial charge in [0.15, 0.2) is 0 Å². The summed E-state index contributed by atoms with van der Waals surface area (Å²) in [4.78, 5) is 12.8. The second-order valence-corrected chi connectivity index (χ2v) is 12.5. The third-order valence-corrected chi connectivity index (χ3v) is 9.12. The Kier molecular flexibility index (Phi) is 7.06. The van der Waals surface area contributed by atoms with Crippen molar-refractivity contribution in [2.75, 3.05) is 10.8 Å². The van der Waals surface area contributed by atoms with Gasteiger partial charge in [-0.05, 0) is 96.8 Å². The molecule has 2 aromatic rings. The number of nitrogens with zero attached hydrogens (tertiary/aromatic N) is 1. The lowest BCUT2D eigenvalue weighted by atomic mass is 9.87. The van der Waals surface area contributed by atoms with Gasteiger partial charge in [0.05, 0.1) is 9.47 Å².